The summed E-state index contributed by atoms with van der Waals surface area (Å²) >= 11 is 0. The number of hydrogen-bond donors (Lipinski definition) is 0. The molecule has 0 aliphatic carbocycles. The van der Waals surface area contributed by atoms with Gasteiger partial charge in [0.1, 0.15) is 0 Å². The third-order valence-corrected chi connectivity index (χ3v) is 1.46. The Morgan fingerprint density at radius 1 is 0.750 bits per heavy atom. The van der Waals surface area contributed by atoms with Gasteiger partial charge >= 0.3 is 0 Å². The molecule has 0 aliphatic heterocycles. The van der Waals surface area contributed by atoms with Crippen LogP contribution in [-0.4, -0.2) is 0 Å². The van der Waals surface area contributed by atoms with E-state index in [2.05, 4.69) is 37.5 Å². The van der Waals surface area contributed by atoms with Crippen molar-refractivity contribution in [2.75, 3.05) is 0 Å². The molecule has 0 heteroatoms. The van der Waals surface area contributed by atoms with Crippen LogP contribution in [0.2, 0.25) is 0 Å². The van der Waals surface area contributed by atoms with Crippen molar-refractivity contribution >= 4 is 0 Å². The van der Waals surface area contributed by atoms with E-state index in [4.69, 9.17) is 0 Å². The minimum Gasteiger partial charge on any atom is -0.104 e. The number of unbranched alkanes of at least 4 members (excludes halogenated alkanes) is 3. The van der Waals surface area contributed by atoms with Crippen molar-refractivity contribution in [3.8, 4) is 23.7 Å². The van der Waals surface area contributed by atoms with Gasteiger partial charge in [0.25, 0.3) is 0 Å². The highest BCUT2D eigenvalue weighted by atomic mass is 13.8. The molecule has 12 heavy (non-hydrogen) atoms. The topological polar surface area (TPSA) is 0 Å². The summed E-state index contributed by atoms with van der Waals surface area (Å²) in [6.07, 6.45) is 6.36. The fraction of sp³-hybridized carbons (Fsp3) is 0.667. The van der Waals surface area contributed by atoms with Crippen LogP contribution in [0.1, 0.15) is 52.4 Å². The molecule has 0 heterocycles. The van der Waals surface area contributed by atoms with Crippen molar-refractivity contribution in [1.82, 2.24) is 0 Å². The predicted molar refractivity (Wildman–Crippen MR) is 54.6 cm³/mol. The SMILES string of the molecule is CCC#CCCC#CCCCC. The minimum atomic E-state index is 0.937. The molecule has 0 spiro atoms. The van der Waals surface area contributed by atoms with Gasteiger partial charge < -0.3 is 0 Å². The molecular weight excluding hydrogens is 144 g/mol. The van der Waals surface area contributed by atoms with Crippen LogP contribution in [0.25, 0.3) is 0 Å². The van der Waals surface area contributed by atoms with Gasteiger partial charge in [0, 0.05) is 25.7 Å². The lowest BCUT2D eigenvalue weighted by atomic mass is 10.2. The molecule has 0 radical (unpaired) electrons. The highest BCUT2D eigenvalue weighted by Crippen LogP contribution is 1.91. The molecule has 0 bridgehead atoms. The fourth-order valence-corrected chi connectivity index (χ4v) is 0.780. The summed E-state index contributed by atoms with van der Waals surface area (Å²) in [6, 6.07) is 0. The van der Waals surface area contributed by atoms with Crippen LogP contribution in [0.3, 0.4) is 0 Å². The summed E-state index contributed by atoms with van der Waals surface area (Å²) in [5.41, 5.74) is 0. The zero-order valence-electron chi connectivity index (χ0n) is 8.24. The monoisotopic (exact) mass is 162 g/mol. The number of hydrogen-bond acceptors (Lipinski definition) is 0. The smallest absolute Gasteiger partial charge is 0.0198 e. The van der Waals surface area contributed by atoms with Gasteiger partial charge in [0.2, 0.25) is 0 Å². The molecule has 0 aromatic rings. The van der Waals surface area contributed by atoms with E-state index >= 15 is 0 Å². The Morgan fingerprint density at radius 2 is 1.33 bits per heavy atom. The molecule has 0 aromatic carbocycles. The molecule has 0 N–H and O–H groups in total. The average molecular weight is 162 g/mol. The second kappa shape index (κ2) is 10.1. The Hall–Kier alpha value is -0.880. The Balaban J connectivity index is 3.21. The maximum absolute atomic E-state index is 3.15. The molecule has 0 amide bonds. The first-order chi connectivity index (χ1) is 5.91. The Bertz CT molecular complexity index is 192. The molecular formula is C12H18. The molecule has 0 atom stereocenters. The van der Waals surface area contributed by atoms with Crippen LogP contribution in [0, 0.1) is 23.7 Å². The first-order valence-electron chi connectivity index (χ1n) is 4.83. The van der Waals surface area contributed by atoms with Crippen LogP contribution in [-0.2, 0) is 0 Å². The molecule has 0 rings (SSSR count). The summed E-state index contributed by atoms with van der Waals surface area (Å²) in [6.45, 7) is 4.26. The Morgan fingerprint density at radius 3 is 1.92 bits per heavy atom. The van der Waals surface area contributed by atoms with Crippen molar-refractivity contribution in [2.24, 2.45) is 0 Å². The van der Waals surface area contributed by atoms with Gasteiger partial charge in [-0.1, -0.05) is 20.3 Å². The van der Waals surface area contributed by atoms with Crippen molar-refractivity contribution in [3.63, 3.8) is 0 Å². The summed E-state index contributed by atoms with van der Waals surface area (Å²) in [5, 5.41) is 0. The minimum absolute atomic E-state index is 0.937. The van der Waals surface area contributed by atoms with Crippen molar-refractivity contribution < 1.29 is 0 Å². The van der Waals surface area contributed by atoms with Gasteiger partial charge in [0.05, 0.1) is 0 Å². The van der Waals surface area contributed by atoms with Crippen molar-refractivity contribution in [1.29, 1.82) is 0 Å². The lowest BCUT2D eigenvalue weighted by Gasteiger charge is -1.83. The quantitative estimate of drug-likeness (QED) is 0.441. The summed E-state index contributed by atoms with van der Waals surface area (Å²) in [7, 11) is 0. The van der Waals surface area contributed by atoms with Crippen LogP contribution in [0.5, 0.6) is 0 Å². The van der Waals surface area contributed by atoms with E-state index in [0.29, 0.717) is 0 Å². The second-order valence-corrected chi connectivity index (χ2v) is 2.66. The largest absolute Gasteiger partial charge is 0.104 e. The van der Waals surface area contributed by atoms with E-state index in [1.165, 1.54) is 12.8 Å². The Kier molecular flexibility index (Phi) is 9.38. The molecule has 0 unspecified atom stereocenters. The lowest BCUT2D eigenvalue weighted by molar-refractivity contribution is 0.827. The third kappa shape index (κ3) is 9.12. The maximum Gasteiger partial charge on any atom is 0.0198 e. The van der Waals surface area contributed by atoms with Gasteiger partial charge in [-0.2, -0.15) is 0 Å². The standard InChI is InChI=1S/C12H18/c1-3-5-7-9-11-12-10-8-6-4-2/h3-5,7,10,12H2,1-2H3. The second-order valence-electron chi connectivity index (χ2n) is 2.66. The van der Waals surface area contributed by atoms with E-state index < -0.39 is 0 Å². The maximum atomic E-state index is 3.15. The van der Waals surface area contributed by atoms with Crippen LogP contribution in [0.15, 0.2) is 0 Å². The van der Waals surface area contributed by atoms with Gasteiger partial charge in [-0.25, -0.2) is 0 Å². The van der Waals surface area contributed by atoms with Crippen LogP contribution >= 0.6 is 0 Å². The molecule has 0 saturated carbocycles. The summed E-state index contributed by atoms with van der Waals surface area (Å²) < 4.78 is 0. The molecule has 66 valence electrons. The van der Waals surface area contributed by atoms with Gasteiger partial charge in [-0.15, -0.1) is 23.7 Å². The lowest BCUT2D eigenvalue weighted by Crippen LogP contribution is -1.69. The van der Waals surface area contributed by atoms with Gasteiger partial charge in [0.15, 0.2) is 0 Å². The zero-order valence-corrected chi connectivity index (χ0v) is 8.24. The van der Waals surface area contributed by atoms with E-state index in [1.807, 2.05) is 0 Å². The highest BCUT2D eigenvalue weighted by Gasteiger charge is 1.76. The summed E-state index contributed by atoms with van der Waals surface area (Å²) in [4.78, 5) is 0. The van der Waals surface area contributed by atoms with Gasteiger partial charge in [-0.3, -0.25) is 0 Å². The Labute approximate surface area is 76.8 Å². The van der Waals surface area contributed by atoms with E-state index in [0.717, 1.165) is 25.7 Å². The van der Waals surface area contributed by atoms with Crippen LogP contribution in [0.4, 0.5) is 0 Å². The zero-order chi connectivity index (χ0) is 9.07. The van der Waals surface area contributed by atoms with E-state index in [-0.39, 0.29) is 0 Å². The van der Waals surface area contributed by atoms with Crippen LogP contribution < -0.4 is 0 Å². The highest BCUT2D eigenvalue weighted by molar-refractivity contribution is 5.04. The first-order valence-corrected chi connectivity index (χ1v) is 4.83. The number of rotatable bonds is 3. The van der Waals surface area contributed by atoms with Crippen molar-refractivity contribution in [2.45, 2.75) is 52.4 Å². The average Bonchev–Trinajstić information content (AvgIpc) is 2.10. The van der Waals surface area contributed by atoms with Crippen molar-refractivity contribution in [3.05, 3.63) is 0 Å². The van der Waals surface area contributed by atoms with E-state index in [9.17, 15) is 0 Å². The molecule has 0 fully saturated rings. The molecule has 0 nitrogen and oxygen atoms in total. The normalized spacial score (nSPS) is 7.83. The third-order valence-electron chi connectivity index (χ3n) is 1.46. The summed E-state index contributed by atoms with van der Waals surface area (Å²) in [5.74, 6) is 12.4. The first kappa shape index (κ1) is 11.1. The van der Waals surface area contributed by atoms with E-state index in [1.54, 1.807) is 0 Å². The molecule has 0 saturated heterocycles. The predicted octanol–water partition coefficient (Wildman–Crippen LogP) is 3.37. The fourth-order valence-electron chi connectivity index (χ4n) is 0.780. The molecule has 0 aliphatic rings. The molecule has 0 aromatic heterocycles. The van der Waals surface area contributed by atoms with Gasteiger partial charge in [-0.05, 0) is 6.42 Å².